The van der Waals surface area contributed by atoms with Crippen LogP contribution >= 0.6 is 11.3 Å². The molecule has 0 aliphatic heterocycles. The van der Waals surface area contributed by atoms with E-state index in [2.05, 4.69) is 11.1 Å². The van der Waals surface area contributed by atoms with E-state index in [1.165, 1.54) is 0 Å². The first-order chi connectivity index (χ1) is 12.4. The van der Waals surface area contributed by atoms with E-state index in [1.807, 2.05) is 34.6 Å². The molecule has 7 heteroatoms. The molecule has 0 radical (unpaired) electrons. The van der Waals surface area contributed by atoms with E-state index in [0.717, 1.165) is 11.3 Å². The molecule has 0 unspecified atom stereocenters. The van der Waals surface area contributed by atoms with Crippen molar-refractivity contribution in [1.29, 1.82) is 5.26 Å². The number of carboxylic acids is 1. The minimum Gasteiger partial charge on any atom is -0.492 e. The van der Waals surface area contributed by atoms with Crippen molar-refractivity contribution in [2.45, 2.75) is 47.1 Å². The molecule has 1 heterocycles. The van der Waals surface area contributed by atoms with Gasteiger partial charge >= 0.3 is 5.97 Å². The molecular weight excluding hydrogens is 362 g/mol. The van der Waals surface area contributed by atoms with E-state index in [1.54, 1.807) is 25.1 Å². The average molecular weight is 390 g/mol. The first-order valence-corrected chi connectivity index (χ1v) is 9.41. The molecule has 2 rings (SSSR count). The van der Waals surface area contributed by atoms with Crippen LogP contribution in [-0.4, -0.2) is 28.2 Å². The van der Waals surface area contributed by atoms with E-state index < -0.39 is 5.97 Å². The monoisotopic (exact) mass is 389 g/mol. The molecule has 6 nitrogen and oxygen atoms in total. The van der Waals surface area contributed by atoms with Crippen molar-refractivity contribution >= 4 is 17.3 Å². The Hall–Kier alpha value is -2.43. The molecule has 27 heavy (non-hydrogen) atoms. The van der Waals surface area contributed by atoms with Gasteiger partial charge in [0.2, 0.25) is 0 Å². The van der Waals surface area contributed by atoms with Crippen LogP contribution in [0.1, 0.15) is 55.5 Å². The second-order valence-corrected chi connectivity index (χ2v) is 8.63. The molecule has 0 saturated carbocycles. The third-order valence-corrected chi connectivity index (χ3v) is 4.10. The fourth-order valence-electron chi connectivity index (χ4n) is 1.85. The summed E-state index contributed by atoms with van der Waals surface area (Å²) in [5.41, 5.74) is 6.97. The maximum atomic E-state index is 11.1. The zero-order valence-electron chi connectivity index (χ0n) is 16.7. The van der Waals surface area contributed by atoms with E-state index in [4.69, 9.17) is 15.6 Å². The van der Waals surface area contributed by atoms with Crippen LogP contribution in [0.3, 0.4) is 0 Å². The number of aromatic nitrogens is 1. The lowest BCUT2D eigenvalue weighted by Crippen LogP contribution is -2.26. The Morgan fingerprint density at radius 1 is 1.41 bits per heavy atom. The summed E-state index contributed by atoms with van der Waals surface area (Å²) in [4.78, 5) is 15.6. The minimum atomic E-state index is -0.987. The number of rotatable bonds is 5. The smallest absolute Gasteiger partial charge is 0.347 e. The quantitative estimate of drug-likeness (QED) is 0.781. The Kier molecular flexibility index (Phi) is 7.95. The number of nitrogens with zero attached hydrogens (tertiary/aromatic N) is 2. The van der Waals surface area contributed by atoms with Gasteiger partial charge < -0.3 is 15.6 Å². The Morgan fingerprint density at radius 2 is 2.00 bits per heavy atom. The molecule has 3 N–H and O–H groups in total. The van der Waals surface area contributed by atoms with Crippen LogP contribution in [0, 0.1) is 24.2 Å². The van der Waals surface area contributed by atoms with Crippen LogP contribution in [0.25, 0.3) is 10.6 Å². The number of hydrogen-bond donors (Lipinski definition) is 2. The summed E-state index contributed by atoms with van der Waals surface area (Å²) in [5.74, 6) is -0.0868. The molecular formula is C20H27N3O3S. The van der Waals surface area contributed by atoms with Crippen LogP contribution in [-0.2, 0) is 0 Å². The van der Waals surface area contributed by atoms with Crippen molar-refractivity contribution in [3.63, 3.8) is 0 Å². The highest BCUT2D eigenvalue weighted by Crippen LogP contribution is 2.31. The molecule has 0 bridgehead atoms. The minimum absolute atomic E-state index is 0. The van der Waals surface area contributed by atoms with Crippen LogP contribution in [0.4, 0.5) is 0 Å². The van der Waals surface area contributed by atoms with Gasteiger partial charge in [0.25, 0.3) is 0 Å². The summed E-state index contributed by atoms with van der Waals surface area (Å²) in [7, 11) is 0. The molecule has 0 atom stereocenters. The van der Waals surface area contributed by atoms with Gasteiger partial charge in [-0.25, -0.2) is 9.78 Å². The molecule has 0 aliphatic rings. The Bertz CT molecular complexity index is 824. The molecule has 0 aliphatic carbocycles. The van der Waals surface area contributed by atoms with Crippen molar-refractivity contribution in [1.82, 2.24) is 4.98 Å². The van der Waals surface area contributed by atoms with Gasteiger partial charge in [0.05, 0.1) is 17.9 Å². The van der Waals surface area contributed by atoms with Gasteiger partial charge in [-0.3, -0.25) is 0 Å². The van der Waals surface area contributed by atoms with Gasteiger partial charge in [0.15, 0.2) is 0 Å². The van der Waals surface area contributed by atoms with Gasteiger partial charge in [0, 0.05) is 11.1 Å². The summed E-state index contributed by atoms with van der Waals surface area (Å²) in [5, 5.41) is 18.9. The van der Waals surface area contributed by atoms with Gasteiger partial charge in [-0.1, -0.05) is 13.8 Å². The maximum Gasteiger partial charge on any atom is 0.347 e. The van der Waals surface area contributed by atoms with Crippen LogP contribution in [0.5, 0.6) is 5.75 Å². The van der Waals surface area contributed by atoms with Crippen LogP contribution in [0.2, 0.25) is 0 Å². The van der Waals surface area contributed by atoms with E-state index in [0.29, 0.717) is 40.1 Å². The predicted octanol–water partition coefficient (Wildman–Crippen LogP) is 4.47. The average Bonchev–Trinajstić information content (AvgIpc) is 2.93. The third-order valence-electron chi connectivity index (χ3n) is 2.91. The maximum absolute atomic E-state index is 11.1. The van der Waals surface area contributed by atoms with E-state index in [9.17, 15) is 10.1 Å². The van der Waals surface area contributed by atoms with Crippen LogP contribution < -0.4 is 10.5 Å². The Balaban J connectivity index is 0.000000646. The fourth-order valence-corrected chi connectivity index (χ4v) is 2.75. The summed E-state index contributed by atoms with van der Waals surface area (Å²) >= 11 is 1.10. The number of thiazole rings is 1. The highest BCUT2D eigenvalue weighted by atomic mass is 32.1. The number of aryl methyl sites for hydroxylation is 1. The number of ether oxygens (including phenoxy) is 1. The zero-order chi connectivity index (χ0) is 20.8. The van der Waals surface area contributed by atoms with Gasteiger partial charge in [-0.15, -0.1) is 11.3 Å². The highest BCUT2D eigenvalue weighted by molar-refractivity contribution is 7.17. The lowest BCUT2D eigenvalue weighted by Gasteiger charge is -2.10. The van der Waals surface area contributed by atoms with Gasteiger partial charge in [0.1, 0.15) is 21.7 Å². The van der Waals surface area contributed by atoms with Gasteiger partial charge in [-0.05, 0) is 51.8 Å². The number of aromatic carboxylic acids is 1. The lowest BCUT2D eigenvalue weighted by atomic mass is 10.1. The zero-order valence-corrected chi connectivity index (χ0v) is 17.5. The number of carbonyl (C=O) groups is 1. The summed E-state index contributed by atoms with van der Waals surface area (Å²) in [6, 6.07) is 7.31. The first-order valence-electron chi connectivity index (χ1n) is 8.59. The number of hydrogen-bond acceptors (Lipinski definition) is 6. The summed E-state index contributed by atoms with van der Waals surface area (Å²) in [6.07, 6.45) is 0. The van der Waals surface area contributed by atoms with Crippen molar-refractivity contribution in [2.24, 2.45) is 11.7 Å². The summed E-state index contributed by atoms with van der Waals surface area (Å²) < 4.78 is 5.61. The third kappa shape index (κ3) is 7.77. The SMILES string of the molecule is CC(C)(C)N.Cc1nc(-c2ccc(OCC(C)C)c(C#N)c2)sc1C(=O)O. The number of carboxylic acid groups (broad SMARTS) is 1. The summed E-state index contributed by atoms with van der Waals surface area (Å²) in [6.45, 7) is 12.2. The first kappa shape index (κ1) is 22.6. The molecule has 2 aromatic rings. The number of nitriles is 1. The topological polar surface area (TPSA) is 109 Å². The Morgan fingerprint density at radius 3 is 2.44 bits per heavy atom. The highest BCUT2D eigenvalue weighted by Gasteiger charge is 2.16. The van der Waals surface area contributed by atoms with Crippen molar-refractivity contribution in [2.75, 3.05) is 6.61 Å². The lowest BCUT2D eigenvalue weighted by molar-refractivity contribution is 0.0701. The van der Waals surface area contributed by atoms with Crippen LogP contribution in [0.15, 0.2) is 18.2 Å². The van der Waals surface area contributed by atoms with Gasteiger partial charge in [-0.2, -0.15) is 5.26 Å². The molecule has 0 fully saturated rings. The second-order valence-electron chi connectivity index (χ2n) is 7.63. The molecule has 0 spiro atoms. The van der Waals surface area contributed by atoms with Crippen molar-refractivity contribution in [3.05, 3.63) is 34.3 Å². The van der Waals surface area contributed by atoms with Crippen molar-refractivity contribution in [3.8, 4) is 22.4 Å². The fraction of sp³-hybridized carbons (Fsp3) is 0.450. The van der Waals surface area contributed by atoms with Crippen molar-refractivity contribution < 1.29 is 14.6 Å². The Labute approximate surface area is 164 Å². The predicted molar refractivity (Wildman–Crippen MR) is 108 cm³/mol. The number of nitrogens with two attached hydrogens (primary N) is 1. The molecule has 0 saturated heterocycles. The molecule has 1 aromatic carbocycles. The second kappa shape index (κ2) is 9.49. The molecule has 1 aromatic heterocycles. The number of benzene rings is 1. The standard InChI is InChI=1S/C16H16N2O3S.C4H11N/c1-9(2)8-21-13-5-4-11(6-12(13)7-17)15-18-10(3)14(22-15)16(19)20;1-4(2,3)5/h4-6,9H,8H2,1-3H3,(H,19,20);5H2,1-3H3. The molecule has 146 valence electrons. The van der Waals surface area contributed by atoms with E-state index in [-0.39, 0.29) is 10.4 Å². The van der Waals surface area contributed by atoms with E-state index >= 15 is 0 Å². The largest absolute Gasteiger partial charge is 0.492 e. The normalized spacial score (nSPS) is 10.8. The molecule has 0 amide bonds.